The van der Waals surface area contributed by atoms with Gasteiger partial charge in [0, 0.05) is 30.6 Å². The van der Waals surface area contributed by atoms with Crippen molar-refractivity contribution in [2.75, 3.05) is 19.6 Å². The summed E-state index contributed by atoms with van der Waals surface area (Å²) in [7, 11) is 0. The fourth-order valence-electron chi connectivity index (χ4n) is 2.72. The standard InChI is InChI=1S/C15H20N2O/c1-15(2)11-17(8-7-16-15)10-13-9-12-5-3-4-6-14(12)18-13/h3-6,9,16H,7-8,10-11H2,1-2H3. The first kappa shape index (κ1) is 11.8. The van der Waals surface area contributed by atoms with E-state index >= 15 is 0 Å². The average Bonchev–Trinajstić information content (AvgIpc) is 2.69. The summed E-state index contributed by atoms with van der Waals surface area (Å²) in [5.41, 5.74) is 1.19. The minimum absolute atomic E-state index is 0.199. The van der Waals surface area contributed by atoms with E-state index in [1.807, 2.05) is 12.1 Å². The van der Waals surface area contributed by atoms with Gasteiger partial charge < -0.3 is 9.73 Å². The molecule has 2 heterocycles. The molecule has 1 N–H and O–H groups in total. The van der Waals surface area contributed by atoms with E-state index in [-0.39, 0.29) is 5.54 Å². The van der Waals surface area contributed by atoms with Gasteiger partial charge in [-0.2, -0.15) is 0 Å². The smallest absolute Gasteiger partial charge is 0.134 e. The lowest BCUT2D eigenvalue weighted by atomic mass is 10.0. The summed E-state index contributed by atoms with van der Waals surface area (Å²) in [4.78, 5) is 2.45. The van der Waals surface area contributed by atoms with Gasteiger partial charge in [0.2, 0.25) is 0 Å². The van der Waals surface area contributed by atoms with E-state index in [1.165, 1.54) is 5.39 Å². The van der Waals surface area contributed by atoms with E-state index in [0.29, 0.717) is 0 Å². The topological polar surface area (TPSA) is 28.4 Å². The zero-order valence-electron chi connectivity index (χ0n) is 11.1. The third-order valence-corrected chi connectivity index (χ3v) is 3.51. The van der Waals surface area contributed by atoms with Crippen molar-refractivity contribution in [1.82, 2.24) is 10.2 Å². The highest BCUT2D eigenvalue weighted by Gasteiger charge is 2.26. The molecule has 1 aromatic carbocycles. The van der Waals surface area contributed by atoms with Crippen LogP contribution in [0.25, 0.3) is 11.0 Å². The maximum atomic E-state index is 5.88. The molecule has 1 fully saturated rings. The molecular weight excluding hydrogens is 224 g/mol. The van der Waals surface area contributed by atoms with Gasteiger partial charge >= 0.3 is 0 Å². The molecule has 3 rings (SSSR count). The number of hydrogen-bond donors (Lipinski definition) is 1. The molecule has 2 aromatic rings. The summed E-state index contributed by atoms with van der Waals surface area (Å²) >= 11 is 0. The van der Waals surface area contributed by atoms with Crippen molar-refractivity contribution < 1.29 is 4.42 Å². The van der Waals surface area contributed by atoms with E-state index in [2.05, 4.69) is 42.3 Å². The van der Waals surface area contributed by atoms with E-state index in [1.54, 1.807) is 0 Å². The number of fused-ring (bicyclic) bond motifs is 1. The van der Waals surface area contributed by atoms with Gasteiger partial charge in [0.05, 0.1) is 6.54 Å². The lowest BCUT2D eigenvalue weighted by molar-refractivity contribution is 0.140. The largest absolute Gasteiger partial charge is 0.460 e. The molecule has 0 spiro atoms. The highest BCUT2D eigenvalue weighted by molar-refractivity contribution is 5.77. The number of hydrogen-bond acceptors (Lipinski definition) is 3. The van der Waals surface area contributed by atoms with Gasteiger partial charge in [-0.25, -0.2) is 0 Å². The van der Waals surface area contributed by atoms with Crippen molar-refractivity contribution in [3.8, 4) is 0 Å². The summed E-state index contributed by atoms with van der Waals surface area (Å²) in [6, 6.07) is 10.4. The predicted molar refractivity (Wildman–Crippen MR) is 73.6 cm³/mol. The molecule has 1 aliphatic heterocycles. The van der Waals surface area contributed by atoms with E-state index in [0.717, 1.165) is 37.5 Å². The molecule has 1 aromatic heterocycles. The van der Waals surface area contributed by atoms with Gasteiger partial charge in [-0.1, -0.05) is 18.2 Å². The van der Waals surface area contributed by atoms with E-state index < -0.39 is 0 Å². The van der Waals surface area contributed by atoms with Crippen LogP contribution in [0.4, 0.5) is 0 Å². The first-order valence-electron chi connectivity index (χ1n) is 6.57. The Morgan fingerprint density at radius 2 is 2.17 bits per heavy atom. The van der Waals surface area contributed by atoms with Crippen LogP contribution in [-0.2, 0) is 6.54 Å². The van der Waals surface area contributed by atoms with Crippen LogP contribution < -0.4 is 5.32 Å². The van der Waals surface area contributed by atoms with Gasteiger partial charge in [0.25, 0.3) is 0 Å². The Morgan fingerprint density at radius 3 is 2.94 bits per heavy atom. The van der Waals surface area contributed by atoms with E-state index in [9.17, 15) is 0 Å². The number of benzene rings is 1. The molecule has 3 heteroatoms. The number of rotatable bonds is 2. The summed E-state index contributed by atoms with van der Waals surface area (Å²) in [6.07, 6.45) is 0. The molecule has 3 nitrogen and oxygen atoms in total. The Bertz CT molecular complexity index is 511. The SMILES string of the molecule is CC1(C)CN(Cc2cc3ccccc3o2)CCN1. The van der Waals surface area contributed by atoms with Gasteiger partial charge in [-0.3, -0.25) is 4.90 Å². The molecule has 0 aliphatic carbocycles. The molecule has 0 unspecified atom stereocenters. The van der Waals surface area contributed by atoms with Crippen LogP contribution in [0.3, 0.4) is 0 Å². The minimum atomic E-state index is 0.199. The van der Waals surface area contributed by atoms with Crippen LogP contribution in [0.15, 0.2) is 34.7 Å². The molecule has 1 saturated heterocycles. The quantitative estimate of drug-likeness (QED) is 0.880. The lowest BCUT2D eigenvalue weighted by Crippen LogP contribution is -2.56. The van der Waals surface area contributed by atoms with Crippen LogP contribution in [0.5, 0.6) is 0 Å². The summed E-state index contributed by atoms with van der Waals surface area (Å²) in [5, 5.41) is 4.72. The third kappa shape index (κ3) is 2.42. The normalized spacial score (nSPS) is 20.3. The van der Waals surface area contributed by atoms with Gasteiger partial charge in [-0.05, 0) is 26.0 Å². The Labute approximate surface area is 108 Å². The van der Waals surface area contributed by atoms with Gasteiger partial charge in [0.1, 0.15) is 11.3 Å². The van der Waals surface area contributed by atoms with Crippen molar-refractivity contribution in [3.63, 3.8) is 0 Å². The van der Waals surface area contributed by atoms with Crippen LogP contribution in [0, 0.1) is 0 Å². The molecule has 0 atom stereocenters. The number of para-hydroxylation sites is 1. The summed E-state index contributed by atoms with van der Waals surface area (Å²) in [6.45, 7) is 8.59. The van der Waals surface area contributed by atoms with Crippen LogP contribution in [0.1, 0.15) is 19.6 Å². The molecule has 96 valence electrons. The van der Waals surface area contributed by atoms with Crippen molar-refractivity contribution in [3.05, 3.63) is 36.1 Å². The van der Waals surface area contributed by atoms with Crippen molar-refractivity contribution in [2.24, 2.45) is 0 Å². The number of nitrogens with zero attached hydrogens (tertiary/aromatic N) is 1. The number of piperazine rings is 1. The minimum Gasteiger partial charge on any atom is -0.460 e. The second-order valence-electron chi connectivity index (χ2n) is 5.77. The van der Waals surface area contributed by atoms with Crippen molar-refractivity contribution in [1.29, 1.82) is 0 Å². The van der Waals surface area contributed by atoms with Crippen LogP contribution >= 0.6 is 0 Å². The number of furan rings is 1. The molecule has 18 heavy (non-hydrogen) atoms. The highest BCUT2D eigenvalue weighted by Crippen LogP contribution is 2.21. The number of nitrogens with one attached hydrogen (secondary N) is 1. The second kappa shape index (κ2) is 4.41. The average molecular weight is 244 g/mol. The molecule has 0 amide bonds. The Kier molecular flexibility index (Phi) is 2.88. The fraction of sp³-hybridized carbons (Fsp3) is 0.467. The Hall–Kier alpha value is -1.32. The van der Waals surface area contributed by atoms with Crippen molar-refractivity contribution >= 4 is 11.0 Å². The molecule has 0 radical (unpaired) electrons. The lowest BCUT2D eigenvalue weighted by Gasteiger charge is -2.38. The van der Waals surface area contributed by atoms with Crippen LogP contribution in [-0.4, -0.2) is 30.1 Å². The maximum Gasteiger partial charge on any atom is 0.134 e. The maximum absolute atomic E-state index is 5.88. The summed E-state index contributed by atoms with van der Waals surface area (Å²) in [5.74, 6) is 1.06. The second-order valence-corrected chi connectivity index (χ2v) is 5.77. The third-order valence-electron chi connectivity index (χ3n) is 3.51. The molecule has 1 aliphatic rings. The first-order valence-corrected chi connectivity index (χ1v) is 6.57. The van der Waals surface area contributed by atoms with Crippen molar-refractivity contribution in [2.45, 2.75) is 25.9 Å². The van der Waals surface area contributed by atoms with E-state index in [4.69, 9.17) is 4.42 Å². The highest BCUT2D eigenvalue weighted by atomic mass is 16.3. The summed E-state index contributed by atoms with van der Waals surface area (Å²) < 4.78 is 5.88. The molecular formula is C15H20N2O. The Morgan fingerprint density at radius 1 is 1.33 bits per heavy atom. The Balaban J connectivity index is 1.76. The molecule has 0 saturated carbocycles. The molecule has 0 bridgehead atoms. The zero-order valence-corrected chi connectivity index (χ0v) is 11.1. The fourth-order valence-corrected chi connectivity index (χ4v) is 2.72. The monoisotopic (exact) mass is 244 g/mol. The van der Waals surface area contributed by atoms with Crippen LogP contribution in [0.2, 0.25) is 0 Å². The first-order chi connectivity index (χ1) is 8.62. The van der Waals surface area contributed by atoms with Gasteiger partial charge in [0.15, 0.2) is 0 Å². The zero-order chi connectivity index (χ0) is 12.6. The van der Waals surface area contributed by atoms with Gasteiger partial charge in [-0.15, -0.1) is 0 Å². The predicted octanol–water partition coefficient (Wildman–Crippen LogP) is 2.62.